The minimum atomic E-state index is 0.639. The third kappa shape index (κ3) is 5.65. The van der Waals surface area contributed by atoms with E-state index in [2.05, 4.69) is 23.7 Å². The molecule has 1 rings (SSSR count). The minimum Gasteiger partial charge on any atom is -0.397 e. The van der Waals surface area contributed by atoms with Gasteiger partial charge in [0.15, 0.2) is 0 Å². The molecule has 0 aromatic carbocycles. The van der Waals surface area contributed by atoms with Crippen molar-refractivity contribution in [3.63, 3.8) is 0 Å². The lowest BCUT2D eigenvalue weighted by atomic mass is 10.2. The van der Waals surface area contributed by atoms with Gasteiger partial charge < -0.3 is 10.5 Å². The molecule has 0 aliphatic heterocycles. The van der Waals surface area contributed by atoms with Crippen LogP contribution in [0.25, 0.3) is 0 Å². The number of pyridine rings is 1. The molecule has 4 nitrogen and oxygen atoms in total. The molecule has 0 atom stereocenters. The van der Waals surface area contributed by atoms with E-state index in [0.29, 0.717) is 11.6 Å². The zero-order chi connectivity index (χ0) is 12.7. The molecule has 1 aromatic heterocycles. The number of hydrogen-bond donors (Lipinski definition) is 1. The van der Waals surface area contributed by atoms with E-state index in [9.17, 15) is 0 Å². The number of rotatable bonds is 7. The van der Waals surface area contributed by atoms with E-state index < -0.39 is 0 Å². The van der Waals surface area contributed by atoms with Crippen LogP contribution in [0.15, 0.2) is 18.3 Å². The summed E-state index contributed by atoms with van der Waals surface area (Å²) in [5.74, 6) is 0.639. The molecule has 0 saturated carbocycles. The van der Waals surface area contributed by atoms with Crippen LogP contribution in [0, 0.1) is 5.92 Å². The van der Waals surface area contributed by atoms with Gasteiger partial charge in [-0.25, -0.2) is 0 Å². The van der Waals surface area contributed by atoms with E-state index in [1.165, 1.54) is 0 Å². The topological polar surface area (TPSA) is 51.4 Å². The fraction of sp³-hybridized carbons (Fsp3) is 0.615. The summed E-state index contributed by atoms with van der Waals surface area (Å²) in [7, 11) is 1.73. The first-order valence-corrected chi connectivity index (χ1v) is 6.03. The normalized spacial score (nSPS) is 11.4. The number of nitrogen functional groups attached to an aromatic ring is 1. The van der Waals surface area contributed by atoms with Gasteiger partial charge in [0.1, 0.15) is 0 Å². The summed E-state index contributed by atoms with van der Waals surface area (Å²) in [5.41, 5.74) is 7.38. The molecule has 2 N–H and O–H groups in total. The van der Waals surface area contributed by atoms with Crippen LogP contribution in [0.3, 0.4) is 0 Å². The van der Waals surface area contributed by atoms with Crippen molar-refractivity contribution in [3.05, 3.63) is 24.0 Å². The highest BCUT2D eigenvalue weighted by atomic mass is 16.5. The number of ether oxygens (including phenoxy) is 1. The van der Waals surface area contributed by atoms with Crippen LogP contribution >= 0.6 is 0 Å². The van der Waals surface area contributed by atoms with Crippen molar-refractivity contribution in [2.24, 2.45) is 5.92 Å². The van der Waals surface area contributed by atoms with Gasteiger partial charge in [0.25, 0.3) is 0 Å². The van der Waals surface area contributed by atoms with E-state index in [1.807, 2.05) is 12.1 Å². The zero-order valence-electron chi connectivity index (χ0n) is 11.0. The minimum absolute atomic E-state index is 0.639. The van der Waals surface area contributed by atoms with Crippen molar-refractivity contribution in [1.29, 1.82) is 0 Å². The van der Waals surface area contributed by atoms with Crippen LogP contribution in [0.2, 0.25) is 0 Å². The molecule has 0 bridgehead atoms. The van der Waals surface area contributed by atoms with Crippen LogP contribution in [-0.4, -0.2) is 36.7 Å². The van der Waals surface area contributed by atoms with Crippen LogP contribution in [0.1, 0.15) is 19.5 Å². The highest BCUT2D eigenvalue weighted by Crippen LogP contribution is 2.07. The highest BCUT2D eigenvalue weighted by molar-refractivity contribution is 5.34. The van der Waals surface area contributed by atoms with Gasteiger partial charge >= 0.3 is 0 Å². The first-order chi connectivity index (χ1) is 8.11. The van der Waals surface area contributed by atoms with E-state index in [0.717, 1.165) is 31.9 Å². The Balaban J connectivity index is 2.54. The van der Waals surface area contributed by atoms with Crippen molar-refractivity contribution in [2.75, 3.05) is 32.5 Å². The predicted octanol–water partition coefficient (Wildman–Crippen LogP) is 1.77. The third-order valence-corrected chi connectivity index (χ3v) is 2.47. The molecule has 4 heteroatoms. The SMILES string of the molecule is COCCN(Cc1ccc(N)cn1)CC(C)C. The molecule has 0 unspecified atom stereocenters. The van der Waals surface area contributed by atoms with Gasteiger partial charge in [-0.1, -0.05) is 13.8 Å². The molecule has 0 amide bonds. The molecule has 1 heterocycles. The van der Waals surface area contributed by atoms with Crippen molar-refractivity contribution in [1.82, 2.24) is 9.88 Å². The molecule has 0 saturated heterocycles. The van der Waals surface area contributed by atoms with Crippen molar-refractivity contribution < 1.29 is 4.74 Å². The van der Waals surface area contributed by atoms with Gasteiger partial charge in [0, 0.05) is 26.7 Å². The van der Waals surface area contributed by atoms with E-state index >= 15 is 0 Å². The van der Waals surface area contributed by atoms with Crippen LogP contribution in [0.4, 0.5) is 5.69 Å². The first-order valence-electron chi connectivity index (χ1n) is 6.03. The molecule has 0 aliphatic rings. The summed E-state index contributed by atoms with van der Waals surface area (Å²) >= 11 is 0. The van der Waals surface area contributed by atoms with Crippen molar-refractivity contribution >= 4 is 5.69 Å². The fourth-order valence-corrected chi connectivity index (χ4v) is 1.73. The second-order valence-corrected chi connectivity index (χ2v) is 4.70. The number of methoxy groups -OCH3 is 1. The Morgan fingerprint density at radius 2 is 2.18 bits per heavy atom. The Hall–Kier alpha value is -1.13. The number of anilines is 1. The number of nitrogens with zero attached hydrogens (tertiary/aromatic N) is 2. The van der Waals surface area contributed by atoms with Gasteiger partial charge in [0.2, 0.25) is 0 Å². The second kappa shape index (κ2) is 7.25. The summed E-state index contributed by atoms with van der Waals surface area (Å²) in [4.78, 5) is 6.68. The van der Waals surface area contributed by atoms with Crippen LogP contribution in [0.5, 0.6) is 0 Å². The van der Waals surface area contributed by atoms with Gasteiger partial charge in [-0.3, -0.25) is 9.88 Å². The van der Waals surface area contributed by atoms with Gasteiger partial charge in [-0.05, 0) is 18.1 Å². The van der Waals surface area contributed by atoms with Gasteiger partial charge in [-0.2, -0.15) is 0 Å². The Morgan fingerprint density at radius 3 is 2.71 bits per heavy atom. The fourth-order valence-electron chi connectivity index (χ4n) is 1.73. The monoisotopic (exact) mass is 237 g/mol. The highest BCUT2D eigenvalue weighted by Gasteiger charge is 2.08. The van der Waals surface area contributed by atoms with Crippen LogP contribution in [-0.2, 0) is 11.3 Å². The summed E-state index contributed by atoms with van der Waals surface area (Å²) < 4.78 is 5.13. The molecule has 0 radical (unpaired) electrons. The van der Waals surface area contributed by atoms with E-state index in [4.69, 9.17) is 10.5 Å². The Morgan fingerprint density at radius 1 is 1.41 bits per heavy atom. The molecular weight excluding hydrogens is 214 g/mol. The van der Waals surface area contributed by atoms with Crippen molar-refractivity contribution in [3.8, 4) is 0 Å². The average Bonchev–Trinajstić information content (AvgIpc) is 2.28. The summed E-state index contributed by atoms with van der Waals surface area (Å²) in [5, 5.41) is 0. The lowest BCUT2D eigenvalue weighted by Gasteiger charge is -2.23. The molecule has 0 fully saturated rings. The standard InChI is InChI=1S/C13H23N3O/c1-11(2)9-16(6-7-17-3)10-13-5-4-12(14)8-15-13/h4-5,8,11H,6-7,9-10,14H2,1-3H3. The maximum Gasteiger partial charge on any atom is 0.0589 e. The Bertz CT molecular complexity index is 311. The Labute approximate surface area is 104 Å². The zero-order valence-corrected chi connectivity index (χ0v) is 11.0. The third-order valence-electron chi connectivity index (χ3n) is 2.47. The van der Waals surface area contributed by atoms with E-state index in [-0.39, 0.29) is 0 Å². The number of hydrogen-bond acceptors (Lipinski definition) is 4. The molecular formula is C13H23N3O. The second-order valence-electron chi connectivity index (χ2n) is 4.70. The summed E-state index contributed by atoms with van der Waals surface area (Å²) in [6.45, 7) is 8.02. The van der Waals surface area contributed by atoms with Gasteiger partial charge in [-0.15, -0.1) is 0 Å². The quantitative estimate of drug-likeness (QED) is 0.785. The maximum absolute atomic E-state index is 5.62. The summed E-state index contributed by atoms with van der Waals surface area (Å²) in [6, 6.07) is 3.88. The predicted molar refractivity (Wildman–Crippen MR) is 70.6 cm³/mol. The summed E-state index contributed by atoms with van der Waals surface area (Å²) in [6.07, 6.45) is 1.71. The molecule has 0 spiro atoms. The molecule has 0 aliphatic carbocycles. The van der Waals surface area contributed by atoms with E-state index in [1.54, 1.807) is 13.3 Å². The number of aromatic nitrogens is 1. The van der Waals surface area contributed by atoms with Crippen molar-refractivity contribution in [2.45, 2.75) is 20.4 Å². The number of nitrogens with two attached hydrogens (primary N) is 1. The smallest absolute Gasteiger partial charge is 0.0589 e. The molecule has 1 aromatic rings. The first kappa shape index (κ1) is 13.9. The van der Waals surface area contributed by atoms with Gasteiger partial charge in [0.05, 0.1) is 24.2 Å². The molecule has 17 heavy (non-hydrogen) atoms. The lowest BCUT2D eigenvalue weighted by molar-refractivity contribution is 0.135. The maximum atomic E-state index is 5.62. The average molecular weight is 237 g/mol. The van der Waals surface area contributed by atoms with Crippen LogP contribution < -0.4 is 5.73 Å². The largest absolute Gasteiger partial charge is 0.397 e. The Kier molecular flexibility index (Phi) is 5.94. The lowest BCUT2D eigenvalue weighted by Crippen LogP contribution is -2.30. The molecule has 96 valence electrons.